The van der Waals surface area contributed by atoms with E-state index in [1.165, 1.54) is 4.88 Å². The average Bonchev–Trinajstić information content (AvgIpc) is 2.86. The van der Waals surface area contributed by atoms with Crippen LogP contribution in [0.3, 0.4) is 0 Å². The van der Waals surface area contributed by atoms with Crippen molar-refractivity contribution in [3.05, 3.63) is 22.4 Å². The molecule has 1 N–H and O–H groups in total. The minimum absolute atomic E-state index is 0.240. The lowest BCUT2D eigenvalue weighted by Gasteiger charge is -2.22. The molecule has 0 radical (unpaired) electrons. The molecule has 3 atom stereocenters. The zero-order valence-corrected chi connectivity index (χ0v) is 9.87. The van der Waals surface area contributed by atoms with Crippen LogP contribution in [0.25, 0.3) is 0 Å². The molecule has 1 fully saturated rings. The Morgan fingerprint density at radius 1 is 1.67 bits per heavy atom. The molecule has 2 nitrogen and oxygen atoms in total. The van der Waals surface area contributed by atoms with Crippen LogP contribution in [0.2, 0.25) is 0 Å². The predicted molar refractivity (Wildman–Crippen MR) is 62.2 cm³/mol. The Labute approximate surface area is 94.9 Å². The highest BCUT2D eigenvalue weighted by Gasteiger charge is 2.32. The Morgan fingerprint density at radius 2 is 2.53 bits per heavy atom. The molecule has 1 aliphatic heterocycles. The second-order valence-electron chi connectivity index (χ2n) is 4.12. The lowest BCUT2D eigenvalue weighted by atomic mass is 9.91. The maximum absolute atomic E-state index is 10.1. The van der Waals surface area contributed by atoms with E-state index in [4.69, 9.17) is 4.74 Å². The van der Waals surface area contributed by atoms with Crippen LogP contribution in [-0.4, -0.2) is 23.9 Å². The van der Waals surface area contributed by atoms with Crippen LogP contribution in [0.4, 0.5) is 0 Å². The standard InChI is InChI=1S/C12H18O2S/c1-2-12-10(5-6-14-12)11(13)8-9-4-3-7-15-9/h3-4,7,10-13H,2,5-6,8H2,1H3. The van der Waals surface area contributed by atoms with E-state index in [0.717, 1.165) is 25.9 Å². The summed E-state index contributed by atoms with van der Waals surface area (Å²) in [7, 11) is 0. The first-order valence-corrected chi connectivity index (χ1v) is 6.51. The third-order valence-corrected chi connectivity index (χ3v) is 4.05. The number of ether oxygens (including phenoxy) is 1. The van der Waals surface area contributed by atoms with Gasteiger partial charge in [0, 0.05) is 23.8 Å². The average molecular weight is 226 g/mol. The lowest BCUT2D eigenvalue weighted by Crippen LogP contribution is -2.29. The van der Waals surface area contributed by atoms with Crippen molar-refractivity contribution in [3.8, 4) is 0 Å². The maximum Gasteiger partial charge on any atom is 0.0642 e. The number of hydrogen-bond donors (Lipinski definition) is 1. The minimum Gasteiger partial charge on any atom is -0.392 e. The van der Waals surface area contributed by atoms with Gasteiger partial charge in [-0.3, -0.25) is 0 Å². The summed E-state index contributed by atoms with van der Waals surface area (Å²) in [4.78, 5) is 1.27. The molecule has 2 heterocycles. The molecule has 2 rings (SSSR count). The van der Waals surface area contributed by atoms with Crippen molar-refractivity contribution in [2.75, 3.05) is 6.61 Å². The second kappa shape index (κ2) is 5.10. The molecule has 0 bridgehead atoms. The van der Waals surface area contributed by atoms with E-state index in [1.807, 2.05) is 6.07 Å². The van der Waals surface area contributed by atoms with Gasteiger partial charge in [0.25, 0.3) is 0 Å². The molecule has 1 aromatic rings. The summed E-state index contributed by atoms with van der Waals surface area (Å²) in [5, 5.41) is 12.2. The van der Waals surface area contributed by atoms with Crippen molar-refractivity contribution in [2.24, 2.45) is 5.92 Å². The first-order valence-electron chi connectivity index (χ1n) is 5.63. The van der Waals surface area contributed by atoms with E-state index in [9.17, 15) is 5.11 Å². The van der Waals surface area contributed by atoms with E-state index < -0.39 is 0 Å². The molecule has 0 amide bonds. The third kappa shape index (κ3) is 2.60. The van der Waals surface area contributed by atoms with Gasteiger partial charge in [-0.1, -0.05) is 13.0 Å². The molecule has 15 heavy (non-hydrogen) atoms. The number of aliphatic hydroxyl groups is 1. The molecule has 0 aliphatic carbocycles. The van der Waals surface area contributed by atoms with Crippen molar-refractivity contribution in [2.45, 2.75) is 38.4 Å². The molecule has 84 valence electrons. The molecular formula is C12H18O2S. The van der Waals surface area contributed by atoms with Gasteiger partial charge in [-0.25, -0.2) is 0 Å². The summed E-state index contributed by atoms with van der Waals surface area (Å²) < 4.78 is 5.60. The Morgan fingerprint density at radius 3 is 3.20 bits per heavy atom. The zero-order valence-electron chi connectivity index (χ0n) is 9.06. The summed E-state index contributed by atoms with van der Waals surface area (Å²) in [5.74, 6) is 0.331. The normalized spacial score (nSPS) is 28.1. The van der Waals surface area contributed by atoms with Crippen LogP contribution >= 0.6 is 11.3 Å². The quantitative estimate of drug-likeness (QED) is 0.854. The number of hydrogen-bond acceptors (Lipinski definition) is 3. The van der Waals surface area contributed by atoms with E-state index in [0.29, 0.717) is 5.92 Å². The van der Waals surface area contributed by atoms with Gasteiger partial charge >= 0.3 is 0 Å². The summed E-state index contributed by atoms with van der Waals surface area (Å²) >= 11 is 1.72. The smallest absolute Gasteiger partial charge is 0.0642 e. The SMILES string of the molecule is CCC1OCCC1C(O)Cc1cccs1. The Bertz CT molecular complexity index is 284. The molecule has 3 unspecified atom stereocenters. The summed E-state index contributed by atoms with van der Waals surface area (Å²) in [6.07, 6.45) is 2.82. The first-order chi connectivity index (χ1) is 7.31. The van der Waals surface area contributed by atoms with Crippen LogP contribution < -0.4 is 0 Å². The summed E-state index contributed by atoms with van der Waals surface area (Å²) in [6, 6.07) is 4.12. The number of thiophene rings is 1. The maximum atomic E-state index is 10.1. The third-order valence-electron chi connectivity index (χ3n) is 3.15. The fraction of sp³-hybridized carbons (Fsp3) is 0.667. The topological polar surface area (TPSA) is 29.5 Å². The molecule has 3 heteroatoms. The molecule has 0 saturated carbocycles. The van der Waals surface area contributed by atoms with Gasteiger partial charge in [0.05, 0.1) is 12.2 Å². The second-order valence-corrected chi connectivity index (χ2v) is 5.15. The van der Waals surface area contributed by atoms with Gasteiger partial charge in [0.2, 0.25) is 0 Å². The Balaban J connectivity index is 1.92. The fourth-order valence-corrected chi connectivity index (χ4v) is 3.07. The van der Waals surface area contributed by atoms with Gasteiger partial charge in [-0.2, -0.15) is 0 Å². The van der Waals surface area contributed by atoms with E-state index in [-0.39, 0.29) is 12.2 Å². The lowest BCUT2D eigenvalue weighted by molar-refractivity contribution is 0.0321. The van der Waals surface area contributed by atoms with Crippen molar-refractivity contribution >= 4 is 11.3 Å². The van der Waals surface area contributed by atoms with Crippen LogP contribution in [0.1, 0.15) is 24.6 Å². The van der Waals surface area contributed by atoms with Crippen molar-refractivity contribution in [1.29, 1.82) is 0 Å². The largest absolute Gasteiger partial charge is 0.392 e. The highest BCUT2D eigenvalue weighted by atomic mass is 32.1. The number of rotatable bonds is 4. The Hall–Kier alpha value is -0.380. The predicted octanol–water partition coefficient (Wildman–Crippen LogP) is 2.47. The van der Waals surface area contributed by atoms with Crippen molar-refractivity contribution < 1.29 is 9.84 Å². The van der Waals surface area contributed by atoms with Crippen LogP contribution in [0, 0.1) is 5.92 Å². The molecule has 0 aromatic carbocycles. The van der Waals surface area contributed by atoms with Gasteiger partial charge in [-0.15, -0.1) is 11.3 Å². The van der Waals surface area contributed by atoms with Gasteiger partial charge < -0.3 is 9.84 Å². The van der Waals surface area contributed by atoms with E-state index in [1.54, 1.807) is 11.3 Å². The van der Waals surface area contributed by atoms with Gasteiger partial charge in [0.15, 0.2) is 0 Å². The fourth-order valence-electron chi connectivity index (χ4n) is 2.31. The van der Waals surface area contributed by atoms with Crippen molar-refractivity contribution in [3.63, 3.8) is 0 Å². The van der Waals surface area contributed by atoms with Crippen molar-refractivity contribution in [1.82, 2.24) is 0 Å². The van der Waals surface area contributed by atoms with Crippen LogP contribution in [0.5, 0.6) is 0 Å². The summed E-state index contributed by atoms with van der Waals surface area (Å²) in [5.41, 5.74) is 0. The molecule has 1 aromatic heterocycles. The van der Waals surface area contributed by atoms with Crippen LogP contribution in [-0.2, 0) is 11.2 Å². The minimum atomic E-state index is -0.240. The monoisotopic (exact) mass is 226 g/mol. The molecule has 1 aliphatic rings. The number of aliphatic hydroxyl groups excluding tert-OH is 1. The van der Waals surface area contributed by atoms with E-state index >= 15 is 0 Å². The van der Waals surface area contributed by atoms with Crippen LogP contribution in [0.15, 0.2) is 17.5 Å². The van der Waals surface area contributed by atoms with Gasteiger partial charge in [0.1, 0.15) is 0 Å². The Kier molecular flexibility index (Phi) is 3.78. The highest BCUT2D eigenvalue weighted by molar-refractivity contribution is 7.09. The highest BCUT2D eigenvalue weighted by Crippen LogP contribution is 2.28. The van der Waals surface area contributed by atoms with Gasteiger partial charge in [-0.05, 0) is 24.3 Å². The summed E-state index contributed by atoms with van der Waals surface area (Å²) in [6.45, 7) is 2.94. The molecular weight excluding hydrogens is 208 g/mol. The zero-order chi connectivity index (χ0) is 10.7. The molecule has 1 saturated heterocycles. The van der Waals surface area contributed by atoms with E-state index in [2.05, 4.69) is 18.4 Å². The molecule has 0 spiro atoms. The first kappa shape index (κ1) is 11.1.